The summed E-state index contributed by atoms with van der Waals surface area (Å²) in [6.45, 7) is 3.31. The summed E-state index contributed by atoms with van der Waals surface area (Å²) in [5, 5.41) is 2.95. The van der Waals surface area contributed by atoms with Gasteiger partial charge < -0.3 is 14.8 Å². The van der Waals surface area contributed by atoms with Crippen LogP contribution in [0.5, 0.6) is 11.5 Å². The van der Waals surface area contributed by atoms with Crippen LogP contribution in [0.4, 0.5) is 0 Å². The molecule has 2 atom stereocenters. The smallest absolute Gasteiger partial charge is 0.161 e. The van der Waals surface area contributed by atoms with E-state index in [2.05, 4.69) is 5.32 Å². The van der Waals surface area contributed by atoms with E-state index in [1.807, 2.05) is 18.2 Å². The molecule has 104 valence electrons. The van der Waals surface area contributed by atoms with Crippen molar-refractivity contribution < 1.29 is 17.9 Å². The molecule has 0 aromatic heterocycles. The van der Waals surface area contributed by atoms with Crippen molar-refractivity contribution in [3.8, 4) is 11.5 Å². The van der Waals surface area contributed by atoms with Crippen LogP contribution < -0.4 is 14.8 Å². The lowest BCUT2D eigenvalue weighted by atomic mass is 10.1. The molecular formula is C13H17NO4S. The maximum Gasteiger partial charge on any atom is 0.161 e. The number of benzene rings is 1. The molecule has 0 spiro atoms. The predicted molar refractivity (Wildman–Crippen MR) is 71.4 cm³/mol. The van der Waals surface area contributed by atoms with Gasteiger partial charge in [0.1, 0.15) is 13.2 Å². The fraction of sp³-hybridized carbons (Fsp3) is 0.538. The van der Waals surface area contributed by atoms with Crippen molar-refractivity contribution in [1.82, 2.24) is 5.32 Å². The molecule has 2 aliphatic heterocycles. The second-order valence-electron chi connectivity index (χ2n) is 5.00. The van der Waals surface area contributed by atoms with Gasteiger partial charge in [0, 0.05) is 12.6 Å². The van der Waals surface area contributed by atoms with E-state index in [1.165, 1.54) is 0 Å². The average molecular weight is 283 g/mol. The van der Waals surface area contributed by atoms with Crippen molar-refractivity contribution in [2.75, 3.05) is 25.5 Å². The topological polar surface area (TPSA) is 64.6 Å². The predicted octanol–water partition coefficient (Wildman–Crippen LogP) is 0.905. The van der Waals surface area contributed by atoms with Crippen molar-refractivity contribution in [3.63, 3.8) is 0 Å². The van der Waals surface area contributed by atoms with E-state index in [9.17, 15) is 8.42 Å². The maximum atomic E-state index is 12.0. The number of sulfone groups is 1. The summed E-state index contributed by atoms with van der Waals surface area (Å²) in [5.74, 6) is 1.55. The molecule has 1 fully saturated rings. The highest BCUT2D eigenvalue weighted by atomic mass is 32.2. The fourth-order valence-corrected chi connectivity index (χ4v) is 3.84. The molecule has 1 aromatic rings. The zero-order valence-corrected chi connectivity index (χ0v) is 11.6. The highest BCUT2D eigenvalue weighted by Crippen LogP contribution is 2.33. The van der Waals surface area contributed by atoms with Crippen LogP contribution in [0.2, 0.25) is 0 Å². The highest BCUT2D eigenvalue weighted by Gasteiger charge is 2.32. The molecule has 3 rings (SSSR count). The number of ether oxygens (including phenoxy) is 2. The van der Waals surface area contributed by atoms with E-state index in [-0.39, 0.29) is 17.0 Å². The first-order valence-electron chi connectivity index (χ1n) is 6.41. The Morgan fingerprint density at radius 1 is 1.21 bits per heavy atom. The minimum absolute atomic E-state index is 0.133. The van der Waals surface area contributed by atoms with Gasteiger partial charge in [-0.3, -0.25) is 0 Å². The molecule has 1 aromatic carbocycles. The standard InChI is InChI=1S/C13H17NO4S/c1-9-7-14-11(8-19(9,15)16)10-2-3-12-13(6-10)18-5-4-17-12/h2-3,6,9,11,14H,4-5,7-8H2,1H3. The van der Waals surface area contributed by atoms with Gasteiger partial charge in [0.25, 0.3) is 0 Å². The lowest BCUT2D eigenvalue weighted by molar-refractivity contribution is 0.171. The lowest BCUT2D eigenvalue weighted by Gasteiger charge is -2.29. The van der Waals surface area contributed by atoms with E-state index in [4.69, 9.17) is 9.47 Å². The van der Waals surface area contributed by atoms with Gasteiger partial charge in [0.2, 0.25) is 0 Å². The third kappa shape index (κ3) is 2.42. The normalized spacial score (nSPS) is 28.9. The van der Waals surface area contributed by atoms with Gasteiger partial charge in [-0.2, -0.15) is 0 Å². The number of fused-ring (bicyclic) bond motifs is 1. The van der Waals surface area contributed by atoms with Crippen LogP contribution in [-0.2, 0) is 9.84 Å². The SMILES string of the molecule is CC1CNC(c2ccc3c(c2)OCCO3)CS1(=O)=O. The van der Waals surface area contributed by atoms with Gasteiger partial charge in [-0.15, -0.1) is 0 Å². The second kappa shape index (κ2) is 4.68. The Hall–Kier alpha value is -1.27. The summed E-state index contributed by atoms with van der Waals surface area (Å²) in [6.07, 6.45) is 0. The minimum Gasteiger partial charge on any atom is -0.486 e. The van der Waals surface area contributed by atoms with Gasteiger partial charge in [-0.25, -0.2) is 8.42 Å². The summed E-state index contributed by atoms with van der Waals surface area (Å²) >= 11 is 0. The summed E-state index contributed by atoms with van der Waals surface area (Å²) in [5.41, 5.74) is 0.930. The Labute approximate surface area is 112 Å². The van der Waals surface area contributed by atoms with Crippen molar-refractivity contribution >= 4 is 9.84 Å². The van der Waals surface area contributed by atoms with E-state index in [1.54, 1.807) is 6.92 Å². The van der Waals surface area contributed by atoms with Crippen LogP contribution in [0.25, 0.3) is 0 Å². The molecule has 0 radical (unpaired) electrons. The van der Waals surface area contributed by atoms with Crippen molar-refractivity contribution in [1.29, 1.82) is 0 Å². The molecule has 0 aliphatic carbocycles. The van der Waals surface area contributed by atoms with Crippen LogP contribution >= 0.6 is 0 Å². The quantitative estimate of drug-likeness (QED) is 0.830. The lowest BCUT2D eigenvalue weighted by Crippen LogP contribution is -2.44. The van der Waals surface area contributed by atoms with Gasteiger partial charge in [-0.1, -0.05) is 6.07 Å². The third-order valence-electron chi connectivity index (χ3n) is 3.63. The molecule has 0 saturated carbocycles. The molecule has 5 nitrogen and oxygen atoms in total. The summed E-state index contributed by atoms with van der Waals surface area (Å²) in [4.78, 5) is 0. The molecule has 0 amide bonds. The van der Waals surface area contributed by atoms with Gasteiger partial charge >= 0.3 is 0 Å². The summed E-state index contributed by atoms with van der Waals surface area (Å²) in [7, 11) is -3.01. The molecule has 1 N–H and O–H groups in total. The minimum atomic E-state index is -3.01. The maximum absolute atomic E-state index is 12.0. The van der Waals surface area contributed by atoms with Gasteiger partial charge in [0.15, 0.2) is 21.3 Å². The first-order valence-corrected chi connectivity index (χ1v) is 8.12. The zero-order chi connectivity index (χ0) is 13.5. The Morgan fingerprint density at radius 2 is 1.95 bits per heavy atom. The Bertz CT molecular complexity index is 584. The van der Waals surface area contributed by atoms with E-state index in [0.717, 1.165) is 11.3 Å². The number of nitrogens with one attached hydrogen (secondary N) is 1. The molecule has 2 heterocycles. The number of hydrogen-bond acceptors (Lipinski definition) is 5. The third-order valence-corrected chi connectivity index (χ3v) is 5.82. The molecular weight excluding hydrogens is 266 g/mol. The van der Waals surface area contributed by atoms with Crippen molar-refractivity contribution in [2.45, 2.75) is 18.2 Å². The molecule has 6 heteroatoms. The number of rotatable bonds is 1. The fourth-order valence-electron chi connectivity index (χ4n) is 2.38. The highest BCUT2D eigenvalue weighted by molar-refractivity contribution is 7.92. The monoisotopic (exact) mass is 283 g/mol. The van der Waals surface area contributed by atoms with E-state index >= 15 is 0 Å². The van der Waals surface area contributed by atoms with Crippen LogP contribution in [-0.4, -0.2) is 39.2 Å². The van der Waals surface area contributed by atoms with E-state index in [0.29, 0.717) is 25.5 Å². The number of hydrogen-bond donors (Lipinski definition) is 1. The molecule has 2 unspecified atom stereocenters. The Balaban J connectivity index is 1.87. The first-order chi connectivity index (χ1) is 9.06. The molecule has 0 bridgehead atoms. The van der Waals surface area contributed by atoms with Crippen molar-refractivity contribution in [3.05, 3.63) is 23.8 Å². The van der Waals surface area contributed by atoms with Crippen LogP contribution in [0.3, 0.4) is 0 Å². The van der Waals surface area contributed by atoms with Crippen LogP contribution in [0.15, 0.2) is 18.2 Å². The summed E-state index contributed by atoms with van der Waals surface area (Å²) in [6, 6.07) is 5.45. The van der Waals surface area contributed by atoms with Gasteiger partial charge in [-0.05, 0) is 24.6 Å². The largest absolute Gasteiger partial charge is 0.486 e. The van der Waals surface area contributed by atoms with Crippen LogP contribution in [0.1, 0.15) is 18.5 Å². The van der Waals surface area contributed by atoms with Gasteiger partial charge in [0.05, 0.1) is 11.0 Å². The molecule has 2 aliphatic rings. The second-order valence-corrected chi connectivity index (χ2v) is 7.47. The summed E-state index contributed by atoms with van der Waals surface area (Å²) < 4.78 is 34.9. The Kier molecular flexibility index (Phi) is 3.14. The first kappa shape index (κ1) is 12.7. The van der Waals surface area contributed by atoms with E-state index < -0.39 is 9.84 Å². The zero-order valence-electron chi connectivity index (χ0n) is 10.8. The Morgan fingerprint density at radius 3 is 2.68 bits per heavy atom. The van der Waals surface area contributed by atoms with Crippen LogP contribution in [0, 0.1) is 0 Å². The average Bonchev–Trinajstić information content (AvgIpc) is 2.41. The molecule has 19 heavy (non-hydrogen) atoms. The van der Waals surface area contributed by atoms with Crippen molar-refractivity contribution in [2.24, 2.45) is 0 Å². The molecule has 1 saturated heterocycles.